The Morgan fingerprint density at radius 2 is 2.10 bits per heavy atom. The fourth-order valence-corrected chi connectivity index (χ4v) is 1.80. The van der Waals surface area contributed by atoms with Gasteiger partial charge in [0.1, 0.15) is 11.5 Å². The van der Waals surface area contributed by atoms with Crippen molar-refractivity contribution < 1.29 is 14.6 Å². The molecule has 0 aliphatic carbocycles. The van der Waals surface area contributed by atoms with Crippen LogP contribution in [-0.2, 0) is 6.54 Å². The number of phenols is 1. The number of aromatic hydroxyl groups is 1. The highest BCUT2D eigenvalue weighted by atomic mass is 16.5. The predicted molar refractivity (Wildman–Crippen MR) is 76.7 cm³/mol. The molecule has 0 unspecified atom stereocenters. The lowest BCUT2D eigenvalue weighted by Crippen LogP contribution is -2.23. The van der Waals surface area contributed by atoms with E-state index in [1.165, 1.54) is 18.2 Å². The summed E-state index contributed by atoms with van der Waals surface area (Å²) in [5.41, 5.74) is 7.21. The number of anilines is 1. The monoisotopic (exact) mass is 272 g/mol. The Kier molecular flexibility index (Phi) is 4.10. The van der Waals surface area contributed by atoms with Gasteiger partial charge in [0, 0.05) is 12.2 Å². The molecule has 2 aromatic carbocycles. The normalized spacial score (nSPS) is 10.1. The Balaban J connectivity index is 2.06. The Labute approximate surface area is 117 Å². The van der Waals surface area contributed by atoms with Gasteiger partial charge in [-0.25, -0.2) is 0 Å². The molecule has 1 amide bonds. The zero-order valence-corrected chi connectivity index (χ0v) is 11.1. The van der Waals surface area contributed by atoms with Crippen molar-refractivity contribution in [3.63, 3.8) is 0 Å². The van der Waals surface area contributed by atoms with Crippen molar-refractivity contribution in [2.75, 3.05) is 12.8 Å². The molecule has 2 aromatic rings. The maximum absolute atomic E-state index is 12.0. The van der Waals surface area contributed by atoms with E-state index in [1.54, 1.807) is 7.11 Å². The summed E-state index contributed by atoms with van der Waals surface area (Å²) < 4.78 is 5.12. The van der Waals surface area contributed by atoms with Crippen LogP contribution in [0.4, 0.5) is 5.69 Å². The minimum absolute atomic E-state index is 0.00531. The van der Waals surface area contributed by atoms with Gasteiger partial charge in [0.2, 0.25) is 0 Å². The first kappa shape index (κ1) is 13.7. The van der Waals surface area contributed by atoms with Gasteiger partial charge in [-0.05, 0) is 35.9 Å². The van der Waals surface area contributed by atoms with E-state index in [4.69, 9.17) is 10.5 Å². The lowest BCUT2D eigenvalue weighted by atomic mass is 10.1. The minimum Gasteiger partial charge on any atom is -0.508 e. The first-order valence-corrected chi connectivity index (χ1v) is 6.10. The number of carbonyl (C=O) groups excluding carboxylic acids is 1. The molecule has 0 aliphatic heterocycles. The van der Waals surface area contributed by atoms with Crippen LogP contribution in [0.2, 0.25) is 0 Å². The molecule has 0 aromatic heterocycles. The van der Waals surface area contributed by atoms with E-state index < -0.39 is 0 Å². The van der Waals surface area contributed by atoms with Crippen LogP contribution >= 0.6 is 0 Å². The Morgan fingerprint density at radius 3 is 2.85 bits per heavy atom. The standard InChI is InChI=1S/C15H16N2O3/c1-20-12-4-2-3-10(7-12)9-17-15(19)13-8-11(18)5-6-14(13)16/h2-8,18H,9,16H2,1H3,(H,17,19). The van der Waals surface area contributed by atoms with Crippen molar-refractivity contribution in [2.24, 2.45) is 0 Å². The molecule has 0 saturated carbocycles. The van der Waals surface area contributed by atoms with Gasteiger partial charge < -0.3 is 20.9 Å². The lowest BCUT2D eigenvalue weighted by Gasteiger charge is -2.09. The van der Waals surface area contributed by atoms with E-state index in [1.807, 2.05) is 24.3 Å². The maximum atomic E-state index is 12.0. The summed E-state index contributed by atoms with van der Waals surface area (Å²) in [6, 6.07) is 11.7. The molecule has 0 atom stereocenters. The molecule has 0 radical (unpaired) electrons. The van der Waals surface area contributed by atoms with Crippen LogP contribution in [0.5, 0.6) is 11.5 Å². The van der Waals surface area contributed by atoms with Crippen LogP contribution in [-0.4, -0.2) is 18.1 Å². The molecule has 0 aliphatic rings. The Morgan fingerprint density at radius 1 is 1.30 bits per heavy atom. The average Bonchev–Trinajstić information content (AvgIpc) is 2.47. The van der Waals surface area contributed by atoms with Crippen LogP contribution in [0, 0.1) is 0 Å². The number of rotatable bonds is 4. The van der Waals surface area contributed by atoms with Crippen molar-refractivity contribution in [1.82, 2.24) is 5.32 Å². The number of carbonyl (C=O) groups is 1. The second-order valence-corrected chi connectivity index (χ2v) is 4.31. The highest BCUT2D eigenvalue weighted by Gasteiger charge is 2.10. The van der Waals surface area contributed by atoms with E-state index in [-0.39, 0.29) is 17.2 Å². The SMILES string of the molecule is COc1cccc(CNC(=O)c2cc(O)ccc2N)c1. The number of benzene rings is 2. The van der Waals surface area contributed by atoms with E-state index in [9.17, 15) is 9.90 Å². The number of ether oxygens (including phenoxy) is 1. The predicted octanol–water partition coefficient (Wildman–Crippen LogP) is 1.91. The van der Waals surface area contributed by atoms with Crippen LogP contribution < -0.4 is 15.8 Å². The third-order valence-corrected chi connectivity index (χ3v) is 2.87. The molecule has 0 bridgehead atoms. The third kappa shape index (κ3) is 3.20. The highest BCUT2D eigenvalue weighted by Crippen LogP contribution is 2.18. The molecule has 5 nitrogen and oxygen atoms in total. The van der Waals surface area contributed by atoms with Gasteiger partial charge in [0.25, 0.3) is 5.91 Å². The van der Waals surface area contributed by atoms with Crippen molar-refractivity contribution in [3.05, 3.63) is 53.6 Å². The highest BCUT2D eigenvalue weighted by molar-refractivity contribution is 5.99. The molecular weight excluding hydrogens is 256 g/mol. The Bertz CT molecular complexity index is 626. The second-order valence-electron chi connectivity index (χ2n) is 4.31. The first-order chi connectivity index (χ1) is 9.60. The molecule has 2 rings (SSSR count). The van der Waals surface area contributed by atoms with Gasteiger partial charge in [-0.3, -0.25) is 4.79 Å². The number of hydrogen-bond acceptors (Lipinski definition) is 4. The van der Waals surface area contributed by atoms with Crippen molar-refractivity contribution in [3.8, 4) is 11.5 Å². The molecule has 5 heteroatoms. The fourth-order valence-electron chi connectivity index (χ4n) is 1.80. The molecule has 0 fully saturated rings. The first-order valence-electron chi connectivity index (χ1n) is 6.10. The van der Waals surface area contributed by atoms with Crippen molar-refractivity contribution >= 4 is 11.6 Å². The van der Waals surface area contributed by atoms with Crippen LogP contribution in [0.1, 0.15) is 15.9 Å². The lowest BCUT2D eigenvalue weighted by molar-refractivity contribution is 0.0951. The summed E-state index contributed by atoms with van der Waals surface area (Å²) in [5.74, 6) is 0.403. The van der Waals surface area contributed by atoms with E-state index in [0.29, 0.717) is 12.2 Å². The molecular formula is C15H16N2O3. The molecule has 20 heavy (non-hydrogen) atoms. The molecule has 4 N–H and O–H groups in total. The number of amides is 1. The molecule has 0 saturated heterocycles. The van der Waals surface area contributed by atoms with Crippen molar-refractivity contribution in [1.29, 1.82) is 0 Å². The number of hydrogen-bond donors (Lipinski definition) is 3. The second kappa shape index (κ2) is 5.97. The summed E-state index contributed by atoms with van der Waals surface area (Å²) in [7, 11) is 1.59. The fraction of sp³-hybridized carbons (Fsp3) is 0.133. The van der Waals surface area contributed by atoms with Gasteiger partial charge >= 0.3 is 0 Å². The van der Waals surface area contributed by atoms with Crippen LogP contribution in [0.3, 0.4) is 0 Å². The zero-order valence-electron chi connectivity index (χ0n) is 11.1. The molecule has 0 heterocycles. The number of nitrogen functional groups attached to an aromatic ring is 1. The van der Waals surface area contributed by atoms with Crippen LogP contribution in [0.15, 0.2) is 42.5 Å². The van der Waals surface area contributed by atoms with E-state index >= 15 is 0 Å². The zero-order chi connectivity index (χ0) is 14.5. The summed E-state index contributed by atoms with van der Waals surface area (Å²) in [6.45, 7) is 0.352. The third-order valence-electron chi connectivity index (χ3n) is 2.87. The minimum atomic E-state index is -0.332. The molecule has 0 spiro atoms. The number of methoxy groups -OCH3 is 1. The molecule has 104 valence electrons. The van der Waals surface area contributed by atoms with E-state index in [0.717, 1.165) is 11.3 Å². The Hall–Kier alpha value is -2.69. The number of nitrogens with two attached hydrogens (primary N) is 1. The largest absolute Gasteiger partial charge is 0.508 e. The van der Waals surface area contributed by atoms with Gasteiger partial charge in [-0.1, -0.05) is 12.1 Å². The van der Waals surface area contributed by atoms with E-state index in [2.05, 4.69) is 5.32 Å². The summed E-state index contributed by atoms with van der Waals surface area (Å²) >= 11 is 0. The smallest absolute Gasteiger partial charge is 0.253 e. The quantitative estimate of drug-likeness (QED) is 0.586. The van der Waals surface area contributed by atoms with Gasteiger partial charge in [-0.15, -0.1) is 0 Å². The summed E-state index contributed by atoms with van der Waals surface area (Å²) in [5, 5.41) is 12.1. The van der Waals surface area contributed by atoms with Gasteiger partial charge in [0.05, 0.1) is 12.7 Å². The topological polar surface area (TPSA) is 84.6 Å². The van der Waals surface area contributed by atoms with Crippen LogP contribution in [0.25, 0.3) is 0 Å². The van der Waals surface area contributed by atoms with Gasteiger partial charge in [-0.2, -0.15) is 0 Å². The number of phenolic OH excluding ortho intramolecular Hbond substituents is 1. The maximum Gasteiger partial charge on any atom is 0.253 e. The summed E-state index contributed by atoms with van der Waals surface area (Å²) in [6.07, 6.45) is 0. The number of nitrogens with one attached hydrogen (secondary N) is 1. The average molecular weight is 272 g/mol. The van der Waals surface area contributed by atoms with Gasteiger partial charge in [0.15, 0.2) is 0 Å². The summed E-state index contributed by atoms with van der Waals surface area (Å²) in [4.78, 5) is 12.0. The van der Waals surface area contributed by atoms with Crippen molar-refractivity contribution in [2.45, 2.75) is 6.54 Å².